The van der Waals surface area contributed by atoms with Crippen molar-refractivity contribution in [1.82, 2.24) is 4.57 Å². The minimum Gasteiger partial charge on any atom is -0.365 e. The lowest BCUT2D eigenvalue weighted by Gasteiger charge is -2.30. The van der Waals surface area contributed by atoms with Gasteiger partial charge in [0.25, 0.3) is 0 Å². The first-order valence-electron chi connectivity index (χ1n) is 3.95. The van der Waals surface area contributed by atoms with Crippen LogP contribution in [0.1, 0.15) is 0 Å². The van der Waals surface area contributed by atoms with Gasteiger partial charge >= 0.3 is 12.1 Å². The predicted molar refractivity (Wildman–Crippen MR) is 58.7 cm³/mol. The topological polar surface area (TPSA) is 20.3 Å². The summed E-state index contributed by atoms with van der Waals surface area (Å²) in [6.07, 6.45) is -4.74. The van der Waals surface area contributed by atoms with Gasteiger partial charge in [0.1, 0.15) is 0 Å². The molecular formula is C7H14Cl2F3NOSi. The molecule has 0 radical (unpaired) electrons. The predicted octanol–water partition coefficient (Wildman–Crippen LogP) is 3.26. The van der Waals surface area contributed by atoms with E-state index < -0.39 is 20.3 Å². The van der Waals surface area contributed by atoms with Crippen molar-refractivity contribution >= 4 is 37.3 Å². The van der Waals surface area contributed by atoms with Gasteiger partial charge in [-0.1, -0.05) is 19.6 Å². The van der Waals surface area contributed by atoms with Crippen molar-refractivity contribution in [3.05, 3.63) is 0 Å². The SMILES string of the molecule is CN(C(=O)C(F)(F)F)[Si](C)(C)C.ClCCl. The molecule has 0 rings (SSSR count). The molecule has 92 valence electrons. The summed E-state index contributed by atoms with van der Waals surface area (Å²) in [7, 11) is -0.973. The first-order valence-corrected chi connectivity index (χ1v) is 8.47. The van der Waals surface area contributed by atoms with Crippen LogP contribution in [0, 0.1) is 0 Å². The molecule has 0 saturated heterocycles. The van der Waals surface area contributed by atoms with Gasteiger partial charge in [-0.15, -0.1) is 23.2 Å². The van der Waals surface area contributed by atoms with Crippen LogP contribution in [0.25, 0.3) is 0 Å². The summed E-state index contributed by atoms with van der Waals surface area (Å²) in [5.74, 6) is -1.75. The van der Waals surface area contributed by atoms with E-state index in [0.29, 0.717) is 0 Å². The van der Waals surface area contributed by atoms with E-state index in [1.54, 1.807) is 19.6 Å². The molecule has 0 aromatic carbocycles. The molecule has 8 heteroatoms. The summed E-state index contributed by atoms with van der Waals surface area (Å²) in [5, 5.41) is 0.194. The molecular weight excluding hydrogens is 270 g/mol. The van der Waals surface area contributed by atoms with Gasteiger partial charge < -0.3 is 4.57 Å². The highest BCUT2D eigenvalue weighted by Gasteiger charge is 2.44. The lowest BCUT2D eigenvalue weighted by Crippen LogP contribution is -2.51. The average Bonchev–Trinajstić information content (AvgIpc) is 1.99. The van der Waals surface area contributed by atoms with Gasteiger partial charge in [0, 0.05) is 7.05 Å². The van der Waals surface area contributed by atoms with Crippen LogP contribution in [-0.2, 0) is 4.79 Å². The third-order valence-electron chi connectivity index (χ3n) is 1.55. The van der Waals surface area contributed by atoms with Gasteiger partial charge in [-0.2, -0.15) is 13.2 Å². The molecule has 0 aromatic heterocycles. The average molecular weight is 284 g/mol. The first kappa shape index (κ1) is 17.5. The smallest absolute Gasteiger partial charge is 0.365 e. The molecule has 0 bridgehead atoms. The summed E-state index contributed by atoms with van der Waals surface area (Å²) < 4.78 is 36.4. The maximum Gasteiger partial charge on any atom is 0.470 e. The Hall–Kier alpha value is 0.0569. The van der Waals surface area contributed by atoms with Gasteiger partial charge in [0.05, 0.1) is 5.34 Å². The fourth-order valence-corrected chi connectivity index (χ4v) is 1.23. The molecule has 0 heterocycles. The fourth-order valence-electron chi connectivity index (χ4n) is 0.495. The van der Waals surface area contributed by atoms with E-state index in [4.69, 9.17) is 23.2 Å². The molecule has 0 aliphatic carbocycles. The molecule has 15 heavy (non-hydrogen) atoms. The largest absolute Gasteiger partial charge is 0.470 e. The quantitative estimate of drug-likeness (QED) is 0.534. The van der Waals surface area contributed by atoms with E-state index in [0.717, 1.165) is 4.57 Å². The van der Waals surface area contributed by atoms with Crippen LogP contribution in [-0.4, -0.2) is 37.3 Å². The van der Waals surface area contributed by atoms with Crippen molar-refractivity contribution < 1.29 is 18.0 Å². The zero-order valence-corrected chi connectivity index (χ0v) is 11.5. The Bertz CT molecular complexity index is 205. The highest BCUT2D eigenvalue weighted by molar-refractivity contribution is 6.75. The Kier molecular flexibility index (Phi) is 7.68. The molecule has 0 spiro atoms. The second-order valence-electron chi connectivity index (χ2n) is 3.63. The summed E-state index contributed by atoms with van der Waals surface area (Å²) in [4.78, 5) is 10.6. The summed E-state index contributed by atoms with van der Waals surface area (Å²) in [6, 6.07) is 0. The number of alkyl halides is 5. The van der Waals surface area contributed by atoms with Crippen molar-refractivity contribution in [3.8, 4) is 0 Å². The van der Waals surface area contributed by atoms with Crippen LogP contribution in [0.3, 0.4) is 0 Å². The number of amides is 1. The maximum atomic E-state index is 11.9. The number of nitrogens with zero attached hydrogens (tertiary/aromatic N) is 1. The molecule has 0 aliphatic rings. The summed E-state index contributed by atoms with van der Waals surface area (Å²) >= 11 is 9.53. The van der Waals surface area contributed by atoms with Crippen molar-refractivity contribution in [2.24, 2.45) is 0 Å². The van der Waals surface area contributed by atoms with E-state index in [1.807, 2.05) is 0 Å². The Morgan fingerprint density at radius 3 is 1.60 bits per heavy atom. The van der Waals surface area contributed by atoms with Gasteiger partial charge in [-0.25, -0.2) is 0 Å². The third kappa shape index (κ3) is 7.93. The molecule has 0 aliphatic heterocycles. The standard InChI is InChI=1S/C6H12F3NOSi.CH2Cl2/c1-10(12(2,3)4)5(11)6(7,8)9;2-1-3/h1-4H3;1H2. The minimum atomic E-state index is -4.74. The second kappa shape index (κ2) is 6.60. The molecule has 2 nitrogen and oxygen atoms in total. The summed E-state index contributed by atoms with van der Waals surface area (Å²) in [6.45, 7) is 5.03. The molecule has 0 unspecified atom stereocenters. The van der Waals surface area contributed by atoms with E-state index >= 15 is 0 Å². The molecule has 1 amide bonds. The molecule has 0 aromatic rings. The van der Waals surface area contributed by atoms with Gasteiger partial charge in [0.15, 0.2) is 8.24 Å². The normalized spacial score (nSPS) is 11.5. The van der Waals surface area contributed by atoms with E-state index in [-0.39, 0.29) is 5.34 Å². The monoisotopic (exact) mass is 283 g/mol. The lowest BCUT2D eigenvalue weighted by atomic mass is 10.6. The van der Waals surface area contributed by atoms with Gasteiger partial charge in [-0.05, 0) is 0 Å². The van der Waals surface area contributed by atoms with Crippen molar-refractivity contribution in [2.45, 2.75) is 25.8 Å². The highest BCUT2D eigenvalue weighted by Crippen LogP contribution is 2.20. The zero-order valence-electron chi connectivity index (χ0n) is 8.95. The Morgan fingerprint density at radius 1 is 1.27 bits per heavy atom. The maximum absolute atomic E-state index is 11.9. The number of hydrogen-bond donors (Lipinski definition) is 0. The minimum absolute atomic E-state index is 0.194. The molecule has 0 N–H and O–H groups in total. The summed E-state index contributed by atoms with van der Waals surface area (Å²) in [5.41, 5.74) is 0. The number of hydrogen-bond acceptors (Lipinski definition) is 1. The van der Waals surface area contributed by atoms with Crippen molar-refractivity contribution in [3.63, 3.8) is 0 Å². The van der Waals surface area contributed by atoms with E-state index in [2.05, 4.69) is 0 Å². The molecule has 0 saturated carbocycles. The number of halogens is 5. The van der Waals surface area contributed by atoms with Gasteiger partial charge in [-0.3, -0.25) is 4.79 Å². The van der Waals surface area contributed by atoms with Crippen LogP contribution >= 0.6 is 23.2 Å². The third-order valence-corrected chi connectivity index (χ3v) is 3.77. The number of carbonyl (C=O) groups excluding carboxylic acids is 1. The highest BCUT2D eigenvalue weighted by atomic mass is 35.5. The van der Waals surface area contributed by atoms with E-state index in [1.165, 1.54) is 7.05 Å². The van der Waals surface area contributed by atoms with Crippen LogP contribution < -0.4 is 0 Å². The Balaban J connectivity index is 0. The molecule has 0 fully saturated rings. The Labute approximate surface area is 98.4 Å². The lowest BCUT2D eigenvalue weighted by molar-refractivity contribution is -0.179. The fraction of sp³-hybridized carbons (Fsp3) is 0.857. The van der Waals surface area contributed by atoms with Gasteiger partial charge in [0.2, 0.25) is 0 Å². The van der Waals surface area contributed by atoms with Crippen LogP contribution in [0.15, 0.2) is 0 Å². The molecule has 0 atom stereocenters. The van der Waals surface area contributed by atoms with Crippen molar-refractivity contribution in [1.29, 1.82) is 0 Å². The van der Waals surface area contributed by atoms with Crippen molar-refractivity contribution in [2.75, 3.05) is 12.4 Å². The van der Waals surface area contributed by atoms with Crippen LogP contribution in [0.4, 0.5) is 13.2 Å². The zero-order chi connectivity index (χ0) is 12.9. The van der Waals surface area contributed by atoms with Crippen LogP contribution in [0.5, 0.6) is 0 Å². The first-order chi connectivity index (χ1) is 6.48. The number of rotatable bonds is 1. The Morgan fingerprint density at radius 2 is 1.53 bits per heavy atom. The number of carbonyl (C=O) groups is 1. The van der Waals surface area contributed by atoms with E-state index in [9.17, 15) is 18.0 Å². The van der Waals surface area contributed by atoms with Crippen LogP contribution in [0.2, 0.25) is 19.6 Å². The second-order valence-corrected chi connectivity index (χ2v) is 9.45.